The Bertz CT molecular complexity index is 228. The maximum absolute atomic E-state index is 11.7. The summed E-state index contributed by atoms with van der Waals surface area (Å²) in [7, 11) is 0. The molecule has 1 fully saturated rings. The van der Waals surface area contributed by atoms with Crippen LogP contribution in [0.2, 0.25) is 0 Å². The van der Waals surface area contributed by atoms with Crippen LogP contribution in [-0.2, 0) is 9.53 Å². The Balaban J connectivity index is 2.48. The number of hydrogen-bond donors (Lipinski definition) is 1. The van der Waals surface area contributed by atoms with Crippen LogP contribution in [-0.4, -0.2) is 24.2 Å². The highest BCUT2D eigenvalue weighted by Gasteiger charge is 2.36. The highest BCUT2D eigenvalue weighted by molar-refractivity contribution is 5.76. The molecule has 1 N–H and O–H groups in total. The van der Waals surface area contributed by atoms with E-state index in [9.17, 15) is 4.79 Å². The molecule has 0 amide bonds. The van der Waals surface area contributed by atoms with Gasteiger partial charge in [-0.05, 0) is 32.6 Å². The third-order valence-corrected chi connectivity index (χ3v) is 2.28. The summed E-state index contributed by atoms with van der Waals surface area (Å²) in [6, 6.07) is -0.121. The van der Waals surface area contributed by atoms with Crippen LogP contribution in [0.3, 0.4) is 0 Å². The van der Waals surface area contributed by atoms with E-state index < -0.39 is 0 Å². The van der Waals surface area contributed by atoms with Crippen LogP contribution in [0, 0.1) is 5.41 Å². The summed E-state index contributed by atoms with van der Waals surface area (Å²) in [6.07, 6.45) is 0.863. The smallest absolute Gasteiger partial charge is 0.323 e. The average molecular weight is 199 g/mol. The van der Waals surface area contributed by atoms with Crippen molar-refractivity contribution >= 4 is 5.97 Å². The van der Waals surface area contributed by atoms with E-state index in [1.807, 2.05) is 20.8 Å². The molecular formula is C11H21NO2. The summed E-state index contributed by atoms with van der Waals surface area (Å²) in [5.74, 6) is -0.122. The largest absolute Gasteiger partial charge is 0.459 e. The second kappa shape index (κ2) is 3.54. The Labute approximate surface area is 86.2 Å². The van der Waals surface area contributed by atoms with Crippen LogP contribution < -0.4 is 5.32 Å². The summed E-state index contributed by atoms with van der Waals surface area (Å²) in [5, 5.41) is 3.19. The van der Waals surface area contributed by atoms with Crippen LogP contribution in [0.4, 0.5) is 0 Å². The van der Waals surface area contributed by atoms with E-state index >= 15 is 0 Å². The molecule has 0 aromatic rings. The molecule has 3 heteroatoms. The summed E-state index contributed by atoms with van der Waals surface area (Å²) in [6.45, 7) is 10.9. The highest BCUT2D eigenvalue weighted by Crippen LogP contribution is 2.28. The zero-order valence-electron chi connectivity index (χ0n) is 9.81. The molecule has 1 atom stereocenters. The lowest BCUT2D eigenvalue weighted by Crippen LogP contribution is -2.37. The van der Waals surface area contributed by atoms with Crippen molar-refractivity contribution in [3.63, 3.8) is 0 Å². The predicted molar refractivity (Wildman–Crippen MR) is 56.0 cm³/mol. The van der Waals surface area contributed by atoms with Gasteiger partial charge in [-0.25, -0.2) is 0 Å². The monoisotopic (exact) mass is 199 g/mol. The first-order valence-corrected chi connectivity index (χ1v) is 5.16. The molecule has 0 aromatic heterocycles. The first-order valence-electron chi connectivity index (χ1n) is 5.16. The quantitative estimate of drug-likeness (QED) is 0.653. The first kappa shape index (κ1) is 11.5. The third-order valence-electron chi connectivity index (χ3n) is 2.28. The molecule has 0 bridgehead atoms. The standard InChI is InChI=1S/C11H21NO2/c1-10(2,3)14-9(13)8-6-11(4,5)7-12-8/h8,12H,6-7H2,1-5H3/t8-/m1/s1. The van der Waals surface area contributed by atoms with E-state index in [1.165, 1.54) is 0 Å². The molecule has 0 aromatic carbocycles. The van der Waals surface area contributed by atoms with Gasteiger partial charge in [0.15, 0.2) is 0 Å². The van der Waals surface area contributed by atoms with E-state index in [1.54, 1.807) is 0 Å². The molecular weight excluding hydrogens is 178 g/mol. The molecule has 0 saturated carbocycles. The lowest BCUT2D eigenvalue weighted by Gasteiger charge is -2.22. The van der Waals surface area contributed by atoms with Gasteiger partial charge in [-0.2, -0.15) is 0 Å². The fourth-order valence-corrected chi connectivity index (χ4v) is 1.64. The predicted octanol–water partition coefficient (Wildman–Crippen LogP) is 1.72. The van der Waals surface area contributed by atoms with Crippen molar-refractivity contribution in [3.05, 3.63) is 0 Å². The number of nitrogens with one attached hydrogen (secondary N) is 1. The van der Waals surface area contributed by atoms with Crippen molar-refractivity contribution < 1.29 is 9.53 Å². The number of rotatable bonds is 1. The Morgan fingerprint density at radius 3 is 2.36 bits per heavy atom. The zero-order valence-corrected chi connectivity index (χ0v) is 9.81. The van der Waals surface area contributed by atoms with Gasteiger partial charge in [0, 0.05) is 6.54 Å². The Morgan fingerprint density at radius 1 is 1.43 bits per heavy atom. The van der Waals surface area contributed by atoms with Crippen LogP contribution in [0.5, 0.6) is 0 Å². The summed E-state index contributed by atoms with van der Waals surface area (Å²) >= 11 is 0. The van der Waals surface area contributed by atoms with Gasteiger partial charge in [0.25, 0.3) is 0 Å². The fraction of sp³-hybridized carbons (Fsp3) is 0.909. The maximum Gasteiger partial charge on any atom is 0.323 e. The average Bonchev–Trinajstić information content (AvgIpc) is 2.26. The molecule has 0 spiro atoms. The van der Waals surface area contributed by atoms with Crippen LogP contribution in [0.15, 0.2) is 0 Å². The van der Waals surface area contributed by atoms with Crippen LogP contribution in [0.25, 0.3) is 0 Å². The number of carbonyl (C=O) groups excluding carboxylic acids is 1. The molecule has 1 saturated heterocycles. The van der Waals surface area contributed by atoms with Gasteiger partial charge in [0.2, 0.25) is 0 Å². The van der Waals surface area contributed by atoms with Crippen molar-refractivity contribution in [2.75, 3.05) is 6.54 Å². The van der Waals surface area contributed by atoms with Crippen molar-refractivity contribution in [1.29, 1.82) is 0 Å². The Kier molecular flexibility index (Phi) is 2.91. The lowest BCUT2D eigenvalue weighted by molar-refractivity contribution is -0.157. The van der Waals surface area contributed by atoms with Gasteiger partial charge in [-0.1, -0.05) is 13.8 Å². The third kappa shape index (κ3) is 3.29. The van der Waals surface area contributed by atoms with Gasteiger partial charge in [0.05, 0.1) is 0 Å². The highest BCUT2D eigenvalue weighted by atomic mass is 16.6. The SMILES string of the molecule is CC1(C)CN[C@@H](C(=O)OC(C)(C)C)C1. The Morgan fingerprint density at radius 2 is 2.00 bits per heavy atom. The minimum absolute atomic E-state index is 0.121. The van der Waals surface area contributed by atoms with Gasteiger partial charge in [-0.3, -0.25) is 4.79 Å². The molecule has 0 unspecified atom stereocenters. The normalized spacial score (nSPS) is 26.2. The maximum atomic E-state index is 11.7. The number of ether oxygens (including phenoxy) is 1. The van der Waals surface area contributed by atoms with E-state index in [-0.39, 0.29) is 23.0 Å². The van der Waals surface area contributed by atoms with Crippen molar-refractivity contribution in [2.24, 2.45) is 5.41 Å². The van der Waals surface area contributed by atoms with E-state index in [0.29, 0.717) is 0 Å². The molecule has 3 nitrogen and oxygen atoms in total. The molecule has 0 radical (unpaired) electrons. The minimum Gasteiger partial charge on any atom is -0.459 e. The fourth-order valence-electron chi connectivity index (χ4n) is 1.64. The second-order valence-corrected chi connectivity index (χ2v) is 5.84. The van der Waals surface area contributed by atoms with E-state index in [2.05, 4.69) is 19.2 Å². The van der Waals surface area contributed by atoms with Crippen LogP contribution >= 0.6 is 0 Å². The summed E-state index contributed by atoms with van der Waals surface area (Å²) < 4.78 is 5.31. The number of carbonyl (C=O) groups is 1. The second-order valence-electron chi connectivity index (χ2n) is 5.84. The lowest BCUT2D eigenvalue weighted by atomic mass is 9.91. The Hall–Kier alpha value is -0.570. The number of esters is 1. The molecule has 1 aliphatic heterocycles. The molecule has 82 valence electrons. The molecule has 14 heavy (non-hydrogen) atoms. The van der Waals surface area contributed by atoms with Gasteiger partial charge in [0.1, 0.15) is 11.6 Å². The van der Waals surface area contributed by atoms with Crippen molar-refractivity contribution in [1.82, 2.24) is 5.32 Å². The summed E-state index contributed by atoms with van der Waals surface area (Å²) in [5.41, 5.74) is -0.174. The molecule has 0 aliphatic carbocycles. The van der Waals surface area contributed by atoms with Gasteiger partial charge < -0.3 is 10.1 Å². The van der Waals surface area contributed by atoms with Crippen molar-refractivity contribution in [2.45, 2.75) is 52.7 Å². The molecule has 1 aliphatic rings. The van der Waals surface area contributed by atoms with E-state index in [0.717, 1.165) is 13.0 Å². The number of hydrogen-bond acceptors (Lipinski definition) is 3. The first-order chi connectivity index (χ1) is 6.20. The van der Waals surface area contributed by atoms with Gasteiger partial charge >= 0.3 is 5.97 Å². The van der Waals surface area contributed by atoms with Crippen molar-refractivity contribution in [3.8, 4) is 0 Å². The van der Waals surface area contributed by atoms with Gasteiger partial charge in [-0.15, -0.1) is 0 Å². The minimum atomic E-state index is -0.383. The van der Waals surface area contributed by atoms with E-state index in [4.69, 9.17) is 4.74 Å². The molecule has 1 heterocycles. The summed E-state index contributed by atoms with van der Waals surface area (Å²) in [4.78, 5) is 11.7. The zero-order chi connectivity index (χ0) is 11.0. The molecule has 1 rings (SSSR count). The van der Waals surface area contributed by atoms with Crippen LogP contribution in [0.1, 0.15) is 41.0 Å². The topological polar surface area (TPSA) is 38.3 Å².